The Balaban J connectivity index is 1.78. The summed E-state index contributed by atoms with van der Waals surface area (Å²) in [7, 11) is 0. The summed E-state index contributed by atoms with van der Waals surface area (Å²) >= 11 is 1.52. The van der Waals surface area contributed by atoms with Gasteiger partial charge in [-0.3, -0.25) is 10.1 Å². The van der Waals surface area contributed by atoms with E-state index in [0.717, 1.165) is 28.4 Å². The van der Waals surface area contributed by atoms with E-state index in [1.165, 1.54) is 33.9 Å². The second-order valence-corrected chi connectivity index (χ2v) is 6.67. The lowest BCUT2D eigenvalue weighted by Gasteiger charge is -2.02. The van der Waals surface area contributed by atoms with E-state index in [4.69, 9.17) is 9.40 Å². The van der Waals surface area contributed by atoms with Gasteiger partial charge in [-0.2, -0.15) is 0 Å². The highest BCUT2D eigenvalue weighted by molar-refractivity contribution is 7.21. The molecule has 0 bridgehead atoms. The number of aryl methyl sites for hydroxylation is 2. The maximum atomic E-state index is 10.8. The predicted molar refractivity (Wildman–Crippen MR) is 88.9 cm³/mol. The maximum absolute atomic E-state index is 10.8. The zero-order valence-electron chi connectivity index (χ0n) is 11.9. The quantitative estimate of drug-likeness (QED) is 0.395. The highest BCUT2D eigenvalue weighted by atomic mass is 32.1. The molecule has 0 N–H and O–H groups in total. The molecule has 0 saturated heterocycles. The lowest BCUT2D eigenvalue weighted by Crippen LogP contribution is -1.82. The van der Waals surface area contributed by atoms with Crippen LogP contribution in [0.3, 0.4) is 0 Å². The number of hydrogen-bond donors (Lipinski definition) is 0. The Kier molecular flexibility index (Phi) is 2.44. The van der Waals surface area contributed by atoms with Crippen LogP contribution in [-0.2, 0) is 12.8 Å². The van der Waals surface area contributed by atoms with E-state index in [2.05, 4.69) is 24.3 Å². The van der Waals surface area contributed by atoms with Gasteiger partial charge in [-0.1, -0.05) is 18.2 Å². The van der Waals surface area contributed by atoms with Crippen LogP contribution >= 0.6 is 11.3 Å². The summed E-state index contributed by atoms with van der Waals surface area (Å²) in [5, 5.41) is 13.9. The summed E-state index contributed by atoms with van der Waals surface area (Å²) in [6, 6.07) is 11.5. The zero-order chi connectivity index (χ0) is 15.6. The standard InChI is InChI=1S/C17H10N2O3S/c20-19(21)14-7-6-12(22-14)17-18-16-11-3-1-2-9-4-5-10(15(9)11)8-13(16)23-17/h1-3,6-8H,4-5H2. The van der Waals surface area contributed by atoms with Gasteiger partial charge in [0.05, 0.1) is 16.3 Å². The summed E-state index contributed by atoms with van der Waals surface area (Å²) in [5.74, 6) is 0.189. The van der Waals surface area contributed by atoms with Gasteiger partial charge < -0.3 is 4.42 Å². The van der Waals surface area contributed by atoms with E-state index >= 15 is 0 Å². The highest BCUT2D eigenvalue weighted by Gasteiger charge is 2.20. The number of fused-ring (bicyclic) bond motifs is 2. The van der Waals surface area contributed by atoms with E-state index in [-0.39, 0.29) is 5.88 Å². The van der Waals surface area contributed by atoms with Crippen LogP contribution in [0.1, 0.15) is 11.1 Å². The average Bonchev–Trinajstić information content (AvgIpc) is 3.25. The predicted octanol–water partition coefficient (Wildman–Crippen LogP) is 4.72. The first-order valence-electron chi connectivity index (χ1n) is 7.29. The summed E-state index contributed by atoms with van der Waals surface area (Å²) in [6.45, 7) is 0. The SMILES string of the molecule is O=[N+]([O-])c1ccc(-c2nc3c(cc4c5c(cccc53)CC4)s2)o1. The second kappa shape index (κ2) is 4.39. The minimum Gasteiger partial charge on any atom is -0.398 e. The Morgan fingerprint density at radius 1 is 1.17 bits per heavy atom. The van der Waals surface area contributed by atoms with E-state index in [9.17, 15) is 10.1 Å². The van der Waals surface area contributed by atoms with Crippen LogP contribution in [0.15, 0.2) is 40.8 Å². The third-order valence-corrected chi connectivity index (χ3v) is 5.35. The van der Waals surface area contributed by atoms with Gasteiger partial charge in [-0.25, -0.2) is 4.98 Å². The number of nitrogens with zero attached hydrogens (tertiary/aromatic N) is 2. The Hall–Kier alpha value is -2.73. The summed E-state index contributed by atoms with van der Waals surface area (Å²) in [6.07, 6.45) is 2.15. The molecule has 23 heavy (non-hydrogen) atoms. The summed E-state index contributed by atoms with van der Waals surface area (Å²) < 4.78 is 6.39. The fourth-order valence-corrected chi connectivity index (χ4v) is 4.36. The Morgan fingerprint density at radius 2 is 2.04 bits per heavy atom. The fraction of sp³-hybridized carbons (Fsp3) is 0.118. The first-order valence-corrected chi connectivity index (χ1v) is 8.11. The Labute approximate surface area is 134 Å². The molecule has 1 aliphatic rings. The molecule has 0 radical (unpaired) electrons. The van der Waals surface area contributed by atoms with Crippen molar-refractivity contribution in [2.75, 3.05) is 0 Å². The first-order chi connectivity index (χ1) is 11.2. The number of hydrogen-bond acceptors (Lipinski definition) is 5. The van der Waals surface area contributed by atoms with Crippen molar-refractivity contribution in [3.63, 3.8) is 0 Å². The Morgan fingerprint density at radius 3 is 2.87 bits per heavy atom. The van der Waals surface area contributed by atoms with Gasteiger partial charge in [0.15, 0.2) is 10.8 Å². The summed E-state index contributed by atoms with van der Waals surface area (Å²) in [4.78, 5) is 14.9. The van der Waals surface area contributed by atoms with Crippen molar-refractivity contribution in [2.45, 2.75) is 12.8 Å². The lowest BCUT2D eigenvalue weighted by atomic mass is 10.0. The molecule has 0 amide bonds. The van der Waals surface area contributed by atoms with Crippen molar-refractivity contribution in [2.24, 2.45) is 0 Å². The van der Waals surface area contributed by atoms with Crippen LogP contribution < -0.4 is 0 Å². The van der Waals surface area contributed by atoms with E-state index in [0.29, 0.717) is 10.8 Å². The van der Waals surface area contributed by atoms with Gasteiger partial charge in [0.2, 0.25) is 0 Å². The lowest BCUT2D eigenvalue weighted by molar-refractivity contribution is -0.401. The molecular weight excluding hydrogens is 312 g/mol. The molecule has 5 nitrogen and oxygen atoms in total. The number of nitro groups is 1. The van der Waals surface area contributed by atoms with Gasteiger partial charge in [0, 0.05) is 5.39 Å². The van der Waals surface area contributed by atoms with Crippen molar-refractivity contribution < 1.29 is 9.34 Å². The van der Waals surface area contributed by atoms with Gasteiger partial charge in [0.25, 0.3) is 0 Å². The average molecular weight is 322 g/mol. The van der Waals surface area contributed by atoms with Crippen molar-refractivity contribution in [1.29, 1.82) is 0 Å². The van der Waals surface area contributed by atoms with Crippen LogP contribution in [-0.4, -0.2) is 9.91 Å². The molecule has 4 aromatic rings. The number of thiazole rings is 1. The van der Waals surface area contributed by atoms with E-state index < -0.39 is 4.92 Å². The smallest absolute Gasteiger partial charge is 0.398 e. The van der Waals surface area contributed by atoms with Crippen LogP contribution in [0.25, 0.3) is 31.8 Å². The van der Waals surface area contributed by atoms with E-state index in [1.807, 2.05) is 0 Å². The third-order valence-electron chi connectivity index (χ3n) is 4.33. The normalized spacial score (nSPS) is 13.2. The minimum atomic E-state index is -0.533. The van der Waals surface area contributed by atoms with Crippen molar-refractivity contribution in [3.8, 4) is 10.8 Å². The van der Waals surface area contributed by atoms with Crippen molar-refractivity contribution in [1.82, 2.24) is 4.98 Å². The van der Waals surface area contributed by atoms with Gasteiger partial charge in [-0.15, -0.1) is 11.3 Å². The molecule has 0 fully saturated rings. The number of aromatic nitrogens is 1. The van der Waals surface area contributed by atoms with Crippen LogP contribution in [0, 0.1) is 10.1 Å². The monoisotopic (exact) mass is 322 g/mol. The Bertz CT molecular complexity index is 1110. The molecule has 0 aliphatic heterocycles. The molecule has 5 rings (SSSR count). The number of benzene rings is 2. The molecule has 0 unspecified atom stereocenters. The van der Waals surface area contributed by atoms with Crippen molar-refractivity contribution >= 4 is 38.2 Å². The van der Waals surface area contributed by atoms with Crippen LogP contribution in [0.2, 0.25) is 0 Å². The molecule has 2 aromatic carbocycles. The zero-order valence-corrected chi connectivity index (χ0v) is 12.7. The molecule has 0 atom stereocenters. The van der Waals surface area contributed by atoms with Crippen molar-refractivity contribution in [3.05, 3.63) is 57.6 Å². The van der Waals surface area contributed by atoms with Crippen LogP contribution in [0.4, 0.5) is 5.88 Å². The fourth-order valence-electron chi connectivity index (χ4n) is 3.35. The molecule has 112 valence electrons. The molecule has 2 heterocycles. The largest absolute Gasteiger partial charge is 0.433 e. The maximum Gasteiger partial charge on any atom is 0.433 e. The molecule has 0 saturated carbocycles. The second-order valence-electron chi connectivity index (χ2n) is 5.64. The number of rotatable bonds is 2. The highest BCUT2D eigenvalue weighted by Crippen LogP contribution is 2.40. The minimum absolute atomic E-state index is 0.256. The van der Waals surface area contributed by atoms with Gasteiger partial charge >= 0.3 is 5.88 Å². The first kappa shape index (κ1) is 12.8. The molecule has 0 spiro atoms. The molecular formula is C17H10N2O3S. The molecule has 2 aromatic heterocycles. The van der Waals surface area contributed by atoms with Gasteiger partial charge in [-0.05, 0) is 41.5 Å². The molecule has 1 aliphatic carbocycles. The third kappa shape index (κ3) is 1.75. The van der Waals surface area contributed by atoms with Gasteiger partial charge in [0.1, 0.15) is 4.92 Å². The topological polar surface area (TPSA) is 69.2 Å². The molecule has 6 heteroatoms. The van der Waals surface area contributed by atoms with E-state index in [1.54, 1.807) is 6.07 Å². The number of furan rings is 1. The van der Waals surface area contributed by atoms with Crippen LogP contribution in [0.5, 0.6) is 0 Å². The summed E-state index contributed by atoms with van der Waals surface area (Å²) in [5.41, 5.74) is 3.69.